The van der Waals surface area contributed by atoms with Gasteiger partial charge in [0.25, 0.3) is 6.01 Å². The van der Waals surface area contributed by atoms with Gasteiger partial charge in [-0.05, 0) is 29.8 Å². The van der Waals surface area contributed by atoms with E-state index < -0.39 is 0 Å². The fourth-order valence-corrected chi connectivity index (χ4v) is 2.29. The number of halogens is 1. The van der Waals surface area contributed by atoms with Crippen LogP contribution >= 0.6 is 0 Å². The fraction of sp³-hybridized carbons (Fsp3) is 0.222. The van der Waals surface area contributed by atoms with Gasteiger partial charge in [0, 0.05) is 44.2 Å². The monoisotopic (exact) mass is 342 g/mol. The standard InChI is InChI=1S/C18H19FN4O2/c1-23(11-13-4-6-21-7-5-13)18-22-16-3-2-15(8-17(16)25-18)24-12-14(9-19)10-20/h2-9H,10-12,20H2,1H3/b14-9+. The van der Waals surface area contributed by atoms with Gasteiger partial charge in [0.1, 0.15) is 17.9 Å². The number of nitrogens with two attached hydrogens (primary N) is 1. The molecule has 0 bridgehead atoms. The molecule has 130 valence electrons. The molecule has 7 heteroatoms. The molecule has 6 nitrogen and oxygen atoms in total. The van der Waals surface area contributed by atoms with Crippen molar-refractivity contribution in [1.82, 2.24) is 9.97 Å². The Labute approximate surface area is 144 Å². The maximum atomic E-state index is 12.5. The lowest BCUT2D eigenvalue weighted by Crippen LogP contribution is -2.16. The Bertz CT molecular complexity index is 864. The maximum Gasteiger partial charge on any atom is 0.298 e. The molecule has 3 rings (SSSR count). The number of aromatic nitrogens is 2. The second-order valence-electron chi connectivity index (χ2n) is 5.60. The van der Waals surface area contributed by atoms with Gasteiger partial charge in [-0.2, -0.15) is 4.98 Å². The first-order valence-corrected chi connectivity index (χ1v) is 7.81. The minimum Gasteiger partial charge on any atom is -0.489 e. The van der Waals surface area contributed by atoms with Gasteiger partial charge in [-0.3, -0.25) is 4.98 Å². The molecule has 0 atom stereocenters. The van der Waals surface area contributed by atoms with Crippen LogP contribution in [-0.2, 0) is 6.54 Å². The minimum atomic E-state index is 0.0987. The zero-order valence-corrected chi connectivity index (χ0v) is 13.9. The molecule has 25 heavy (non-hydrogen) atoms. The van der Waals surface area contributed by atoms with Crippen LogP contribution in [0.1, 0.15) is 5.56 Å². The summed E-state index contributed by atoms with van der Waals surface area (Å²) in [6.07, 6.45) is 3.97. The topological polar surface area (TPSA) is 77.4 Å². The van der Waals surface area contributed by atoms with Gasteiger partial charge in [-0.1, -0.05) is 0 Å². The number of fused-ring (bicyclic) bond motifs is 1. The van der Waals surface area contributed by atoms with Crippen LogP contribution in [0.2, 0.25) is 0 Å². The first kappa shape index (κ1) is 16.9. The fourth-order valence-electron chi connectivity index (χ4n) is 2.29. The predicted molar refractivity (Wildman–Crippen MR) is 94.1 cm³/mol. The molecule has 2 aromatic heterocycles. The van der Waals surface area contributed by atoms with Crippen molar-refractivity contribution >= 4 is 17.1 Å². The summed E-state index contributed by atoms with van der Waals surface area (Å²) in [5, 5.41) is 0. The molecule has 0 saturated heterocycles. The minimum absolute atomic E-state index is 0.0987. The van der Waals surface area contributed by atoms with E-state index in [0.29, 0.717) is 35.8 Å². The van der Waals surface area contributed by atoms with Gasteiger partial charge in [0.2, 0.25) is 0 Å². The first-order valence-electron chi connectivity index (χ1n) is 7.81. The average molecular weight is 342 g/mol. The van der Waals surface area contributed by atoms with Crippen molar-refractivity contribution in [2.45, 2.75) is 6.54 Å². The summed E-state index contributed by atoms with van der Waals surface area (Å²) < 4.78 is 23.9. The number of oxazole rings is 1. The van der Waals surface area contributed by atoms with Crippen molar-refractivity contribution in [2.24, 2.45) is 5.73 Å². The van der Waals surface area contributed by atoms with Crippen LogP contribution in [0.4, 0.5) is 10.4 Å². The lowest BCUT2D eigenvalue weighted by atomic mass is 10.2. The summed E-state index contributed by atoms with van der Waals surface area (Å²) in [4.78, 5) is 10.4. The summed E-state index contributed by atoms with van der Waals surface area (Å²) in [7, 11) is 1.90. The quantitative estimate of drug-likeness (QED) is 0.711. The zero-order chi connectivity index (χ0) is 17.6. The third-order valence-corrected chi connectivity index (χ3v) is 3.68. The molecule has 0 spiro atoms. The van der Waals surface area contributed by atoms with Crippen molar-refractivity contribution < 1.29 is 13.5 Å². The van der Waals surface area contributed by atoms with Crippen molar-refractivity contribution in [3.8, 4) is 5.75 Å². The molecule has 0 aliphatic carbocycles. The molecular formula is C18H19FN4O2. The highest BCUT2D eigenvalue weighted by atomic mass is 19.1. The summed E-state index contributed by atoms with van der Waals surface area (Å²) in [6, 6.07) is 9.70. The van der Waals surface area contributed by atoms with Crippen LogP contribution in [0.3, 0.4) is 0 Å². The van der Waals surface area contributed by atoms with Crippen LogP contribution in [0.5, 0.6) is 5.75 Å². The zero-order valence-electron chi connectivity index (χ0n) is 13.9. The van der Waals surface area contributed by atoms with Gasteiger partial charge in [-0.25, -0.2) is 4.39 Å². The third-order valence-electron chi connectivity index (χ3n) is 3.68. The van der Waals surface area contributed by atoms with Gasteiger partial charge in [0.05, 0.1) is 6.33 Å². The van der Waals surface area contributed by atoms with Crippen LogP contribution in [0.25, 0.3) is 11.1 Å². The third kappa shape index (κ3) is 4.13. The second kappa shape index (κ2) is 7.76. The second-order valence-corrected chi connectivity index (χ2v) is 5.60. The average Bonchev–Trinajstić information content (AvgIpc) is 3.07. The van der Waals surface area contributed by atoms with E-state index in [1.54, 1.807) is 30.6 Å². The van der Waals surface area contributed by atoms with Crippen molar-refractivity contribution in [2.75, 3.05) is 25.1 Å². The summed E-state index contributed by atoms with van der Waals surface area (Å²) in [5.41, 5.74) is 8.23. The highest BCUT2D eigenvalue weighted by Crippen LogP contribution is 2.26. The van der Waals surface area contributed by atoms with E-state index in [-0.39, 0.29) is 13.2 Å². The molecule has 0 unspecified atom stereocenters. The lowest BCUT2D eigenvalue weighted by Gasteiger charge is -2.13. The summed E-state index contributed by atoms with van der Waals surface area (Å²) >= 11 is 0. The van der Waals surface area contributed by atoms with Crippen LogP contribution in [-0.4, -0.2) is 30.2 Å². The van der Waals surface area contributed by atoms with Gasteiger partial charge < -0.3 is 19.8 Å². The molecule has 3 aromatic rings. The molecule has 0 radical (unpaired) electrons. The molecule has 2 N–H and O–H groups in total. The van der Waals surface area contributed by atoms with Gasteiger partial charge >= 0.3 is 0 Å². The Balaban J connectivity index is 1.73. The summed E-state index contributed by atoms with van der Waals surface area (Å²) in [6.45, 7) is 0.867. The van der Waals surface area contributed by atoms with Crippen LogP contribution in [0, 0.1) is 0 Å². The number of nitrogens with zero attached hydrogens (tertiary/aromatic N) is 3. The number of hydrogen-bond donors (Lipinski definition) is 1. The Kier molecular flexibility index (Phi) is 5.25. The van der Waals surface area contributed by atoms with E-state index in [2.05, 4.69) is 9.97 Å². The lowest BCUT2D eigenvalue weighted by molar-refractivity contribution is 0.347. The van der Waals surface area contributed by atoms with E-state index in [9.17, 15) is 4.39 Å². The number of rotatable bonds is 7. The maximum absolute atomic E-state index is 12.5. The molecule has 1 aromatic carbocycles. The Morgan fingerprint density at radius 2 is 2.12 bits per heavy atom. The molecule has 0 saturated carbocycles. The normalized spacial score (nSPS) is 11.7. The first-order chi connectivity index (χ1) is 12.2. The molecule has 0 amide bonds. The smallest absolute Gasteiger partial charge is 0.298 e. The number of pyridine rings is 1. The largest absolute Gasteiger partial charge is 0.489 e. The Morgan fingerprint density at radius 1 is 1.32 bits per heavy atom. The molecule has 0 fully saturated rings. The van der Waals surface area contributed by atoms with E-state index >= 15 is 0 Å². The molecular weight excluding hydrogens is 323 g/mol. The van der Waals surface area contributed by atoms with Gasteiger partial charge in [-0.15, -0.1) is 0 Å². The molecule has 0 aliphatic heterocycles. The highest BCUT2D eigenvalue weighted by Gasteiger charge is 2.12. The van der Waals surface area contributed by atoms with E-state index in [1.807, 2.05) is 24.1 Å². The summed E-state index contributed by atoms with van der Waals surface area (Å²) in [5.74, 6) is 0.569. The van der Waals surface area contributed by atoms with Crippen LogP contribution < -0.4 is 15.4 Å². The van der Waals surface area contributed by atoms with Crippen molar-refractivity contribution in [1.29, 1.82) is 0 Å². The molecule has 0 aliphatic rings. The number of benzene rings is 1. The Hall–Kier alpha value is -2.93. The highest BCUT2D eigenvalue weighted by molar-refractivity contribution is 5.76. The predicted octanol–water partition coefficient (Wildman–Crippen LogP) is 3.05. The van der Waals surface area contributed by atoms with Crippen LogP contribution in [0.15, 0.2) is 59.0 Å². The number of hydrogen-bond acceptors (Lipinski definition) is 6. The molecule has 2 heterocycles. The Morgan fingerprint density at radius 3 is 2.84 bits per heavy atom. The van der Waals surface area contributed by atoms with Crippen molar-refractivity contribution in [3.63, 3.8) is 0 Å². The van der Waals surface area contributed by atoms with E-state index in [4.69, 9.17) is 14.9 Å². The number of anilines is 1. The van der Waals surface area contributed by atoms with E-state index in [1.165, 1.54) is 0 Å². The number of ether oxygens (including phenoxy) is 1. The van der Waals surface area contributed by atoms with Gasteiger partial charge in [0.15, 0.2) is 5.58 Å². The van der Waals surface area contributed by atoms with E-state index in [0.717, 1.165) is 11.1 Å². The van der Waals surface area contributed by atoms with Crippen molar-refractivity contribution in [3.05, 3.63) is 60.2 Å². The SMILES string of the molecule is CN(Cc1ccncc1)c1nc2ccc(OC/C(=C/F)CN)cc2o1.